The number of rotatable bonds is 5. The van der Waals surface area contributed by atoms with Gasteiger partial charge in [-0.15, -0.1) is 11.6 Å². The van der Waals surface area contributed by atoms with Crippen molar-refractivity contribution in [2.75, 3.05) is 0 Å². The van der Waals surface area contributed by atoms with E-state index in [9.17, 15) is 0 Å². The van der Waals surface area contributed by atoms with Crippen LogP contribution in [-0.2, 0) is 0 Å². The first-order chi connectivity index (χ1) is 13.3. The van der Waals surface area contributed by atoms with Crippen LogP contribution < -0.4 is 0 Å². The van der Waals surface area contributed by atoms with Gasteiger partial charge >= 0.3 is 0 Å². The van der Waals surface area contributed by atoms with E-state index in [0.29, 0.717) is 16.2 Å². The zero-order chi connectivity index (χ0) is 20.1. The quantitative estimate of drug-likeness (QED) is 0.317. The van der Waals surface area contributed by atoms with Crippen LogP contribution in [0.3, 0.4) is 0 Å². The third kappa shape index (κ3) is 3.52. The highest BCUT2D eigenvalue weighted by atomic mass is 35.5. The van der Waals surface area contributed by atoms with Crippen molar-refractivity contribution in [1.82, 2.24) is 0 Å². The van der Waals surface area contributed by atoms with Crippen molar-refractivity contribution in [2.24, 2.45) is 46.3 Å². The highest BCUT2D eigenvalue weighted by Crippen LogP contribution is 2.67. The summed E-state index contributed by atoms with van der Waals surface area (Å²) in [5.41, 5.74) is 2.82. The van der Waals surface area contributed by atoms with E-state index < -0.39 is 0 Å². The minimum Gasteiger partial charge on any atom is -0.123 e. The van der Waals surface area contributed by atoms with Crippen molar-refractivity contribution in [3.05, 3.63) is 11.6 Å². The monoisotopic (exact) mass is 404 g/mol. The van der Waals surface area contributed by atoms with E-state index in [-0.39, 0.29) is 0 Å². The molecule has 28 heavy (non-hydrogen) atoms. The molecule has 4 aliphatic carbocycles. The Kier molecular flexibility index (Phi) is 6.03. The van der Waals surface area contributed by atoms with Crippen molar-refractivity contribution in [2.45, 2.75) is 111 Å². The standard InChI is InChI=1S/C27H45Cl/c1-18(2)7-6-8-19(3)23-11-12-24-22-10-9-20-17-21(28)13-15-26(20,4)25(22)14-16-27(23,24)5/h9,18-19,21-25H,6-8,10-17H2,1-5H3/t19-,21+,22?,23-,24+,25+,26+,27-/m1/s1. The minimum absolute atomic E-state index is 0.396. The molecular formula is C27H45Cl. The van der Waals surface area contributed by atoms with Gasteiger partial charge in [0.15, 0.2) is 0 Å². The van der Waals surface area contributed by atoms with Crippen LogP contribution in [0.1, 0.15) is 105 Å². The Morgan fingerprint density at radius 3 is 2.54 bits per heavy atom. The maximum Gasteiger partial charge on any atom is 0.0373 e. The number of hydrogen-bond donors (Lipinski definition) is 0. The molecule has 0 heterocycles. The summed E-state index contributed by atoms with van der Waals surface area (Å²) in [6.07, 6.45) is 18.0. The van der Waals surface area contributed by atoms with E-state index in [1.165, 1.54) is 70.6 Å². The van der Waals surface area contributed by atoms with Crippen molar-refractivity contribution < 1.29 is 0 Å². The Morgan fingerprint density at radius 1 is 1.00 bits per heavy atom. The minimum atomic E-state index is 0.396. The molecule has 4 aliphatic rings. The van der Waals surface area contributed by atoms with Crippen LogP contribution in [0.15, 0.2) is 11.6 Å². The van der Waals surface area contributed by atoms with Gasteiger partial charge in [0.05, 0.1) is 0 Å². The third-order valence-corrected chi connectivity index (χ3v) is 10.6. The molecular weight excluding hydrogens is 360 g/mol. The molecule has 0 bridgehead atoms. The van der Waals surface area contributed by atoms with Crippen LogP contribution >= 0.6 is 11.6 Å². The summed E-state index contributed by atoms with van der Waals surface area (Å²) < 4.78 is 0. The van der Waals surface area contributed by atoms with Crippen LogP contribution in [0.2, 0.25) is 0 Å². The molecule has 0 amide bonds. The summed E-state index contributed by atoms with van der Waals surface area (Å²) in [4.78, 5) is 0. The fraction of sp³-hybridized carbons (Fsp3) is 0.926. The van der Waals surface area contributed by atoms with Gasteiger partial charge in [-0.25, -0.2) is 0 Å². The lowest BCUT2D eigenvalue weighted by Gasteiger charge is -2.58. The molecule has 0 radical (unpaired) electrons. The normalized spacial score (nSPS) is 46.5. The summed E-state index contributed by atoms with van der Waals surface area (Å²) in [6.45, 7) is 12.7. The van der Waals surface area contributed by atoms with Gasteiger partial charge in [0.25, 0.3) is 0 Å². The Balaban J connectivity index is 1.49. The zero-order valence-electron chi connectivity index (χ0n) is 19.3. The lowest BCUT2D eigenvalue weighted by atomic mass is 9.47. The van der Waals surface area contributed by atoms with E-state index in [1.807, 2.05) is 0 Å². The molecule has 0 spiro atoms. The SMILES string of the molecule is CC(C)CCC[C@@H](C)[C@H]1CC[C@H]2C3CC=C4C[C@@H](Cl)CC[C@]4(C)[C@H]3CC[C@]12C. The number of halogens is 1. The van der Waals surface area contributed by atoms with Crippen LogP contribution in [0, 0.1) is 46.3 Å². The first-order valence-corrected chi connectivity index (χ1v) is 13.0. The molecule has 160 valence electrons. The van der Waals surface area contributed by atoms with E-state index >= 15 is 0 Å². The highest BCUT2D eigenvalue weighted by Gasteiger charge is 2.58. The van der Waals surface area contributed by atoms with Gasteiger partial charge in [-0.05, 0) is 97.7 Å². The second kappa shape index (κ2) is 7.94. The lowest BCUT2D eigenvalue weighted by molar-refractivity contribution is -0.0498. The largest absolute Gasteiger partial charge is 0.123 e. The first kappa shape index (κ1) is 21.3. The Hall–Kier alpha value is 0.0300. The van der Waals surface area contributed by atoms with Crippen molar-refractivity contribution in [1.29, 1.82) is 0 Å². The van der Waals surface area contributed by atoms with Crippen LogP contribution in [0.4, 0.5) is 0 Å². The molecule has 0 aromatic carbocycles. The van der Waals surface area contributed by atoms with Crippen LogP contribution in [-0.4, -0.2) is 5.38 Å². The van der Waals surface area contributed by atoms with Crippen molar-refractivity contribution in [3.63, 3.8) is 0 Å². The Bertz CT molecular complexity index is 591. The molecule has 0 aliphatic heterocycles. The van der Waals surface area contributed by atoms with Gasteiger partial charge in [0.2, 0.25) is 0 Å². The smallest absolute Gasteiger partial charge is 0.0373 e. The predicted octanol–water partition coefficient (Wildman–Crippen LogP) is 8.64. The molecule has 0 saturated heterocycles. The average molecular weight is 405 g/mol. The van der Waals surface area contributed by atoms with Gasteiger partial charge in [-0.1, -0.05) is 65.5 Å². The van der Waals surface area contributed by atoms with Gasteiger partial charge in [-0.3, -0.25) is 0 Å². The van der Waals surface area contributed by atoms with E-state index in [0.717, 1.165) is 35.5 Å². The molecule has 3 fully saturated rings. The maximum absolute atomic E-state index is 6.56. The molecule has 3 saturated carbocycles. The fourth-order valence-corrected chi connectivity index (χ4v) is 8.92. The third-order valence-electron chi connectivity index (χ3n) is 10.2. The van der Waals surface area contributed by atoms with Crippen LogP contribution in [0.5, 0.6) is 0 Å². The summed E-state index contributed by atoms with van der Waals surface area (Å²) in [6, 6.07) is 0. The van der Waals surface area contributed by atoms with Gasteiger partial charge < -0.3 is 0 Å². The summed E-state index contributed by atoms with van der Waals surface area (Å²) in [5, 5.41) is 0.396. The van der Waals surface area contributed by atoms with Gasteiger partial charge in [0, 0.05) is 5.38 Å². The maximum atomic E-state index is 6.56. The van der Waals surface area contributed by atoms with Gasteiger partial charge in [0.1, 0.15) is 0 Å². The second-order valence-electron chi connectivity index (χ2n) is 12.1. The molecule has 8 atom stereocenters. The fourth-order valence-electron chi connectivity index (χ4n) is 8.64. The first-order valence-electron chi connectivity index (χ1n) is 12.6. The molecule has 1 heteroatoms. The summed E-state index contributed by atoms with van der Waals surface area (Å²) in [5.74, 6) is 5.62. The van der Waals surface area contributed by atoms with E-state index in [2.05, 4.69) is 40.7 Å². The number of allylic oxidation sites excluding steroid dienone is 2. The van der Waals surface area contributed by atoms with Gasteiger partial charge in [-0.2, -0.15) is 0 Å². The zero-order valence-corrected chi connectivity index (χ0v) is 20.0. The molecule has 0 N–H and O–H groups in total. The number of fused-ring (bicyclic) bond motifs is 5. The summed E-state index contributed by atoms with van der Waals surface area (Å²) in [7, 11) is 0. The van der Waals surface area contributed by atoms with Crippen molar-refractivity contribution in [3.8, 4) is 0 Å². The molecule has 0 aromatic rings. The Labute approximate surface area is 180 Å². The molecule has 4 rings (SSSR count). The highest BCUT2D eigenvalue weighted by molar-refractivity contribution is 6.20. The molecule has 0 nitrogen and oxygen atoms in total. The Morgan fingerprint density at radius 2 is 1.79 bits per heavy atom. The van der Waals surface area contributed by atoms with Crippen LogP contribution in [0.25, 0.3) is 0 Å². The predicted molar refractivity (Wildman–Crippen MR) is 123 cm³/mol. The molecule has 0 aromatic heterocycles. The molecule has 1 unspecified atom stereocenters. The summed E-state index contributed by atoms with van der Waals surface area (Å²) >= 11 is 6.56. The average Bonchev–Trinajstić information content (AvgIpc) is 2.99. The van der Waals surface area contributed by atoms with Crippen molar-refractivity contribution >= 4 is 11.6 Å². The number of alkyl halides is 1. The number of hydrogen-bond acceptors (Lipinski definition) is 0. The van der Waals surface area contributed by atoms with E-state index in [1.54, 1.807) is 5.57 Å². The topological polar surface area (TPSA) is 0 Å². The van der Waals surface area contributed by atoms with E-state index in [4.69, 9.17) is 11.6 Å². The lowest BCUT2D eigenvalue weighted by Crippen LogP contribution is -2.50. The second-order valence-corrected chi connectivity index (χ2v) is 12.7.